The van der Waals surface area contributed by atoms with Crippen molar-refractivity contribution in [2.75, 3.05) is 7.11 Å². The van der Waals surface area contributed by atoms with Gasteiger partial charge in [-0.25, -0.2) is 4.85 Å². The molecular weight excluding hydrogens is 599 g/mol. The molecular formula is C46H31NO2. The zero-order valence-corrected chi connectivity index (χ0v) is 27.5. The topological polar surface area (TPSA) is 22.8 Å². The highest BCUT2D eigenvalue weighted by atomic mass is 16.5. The van der Waals surface area contributed by atoms with Gasteiger partial charge in [-0.05, 0) is 78.9 Å². The minimum atomic E-state index is -0.922. The van der Waals surface area contributed by atoms with Crippen molar-refractivity contribution in [3.63, 3.8) is 0 Å². The van der Waals surface area contributed by atoms with Gasteiger partial charge in [-0.15, -0.1) is 0 Å². The third-order valence-corrected chi connectivity index (χ3v) is 11.1. The van der Waals surface area contributed by atoms with Crippen LogP contribution < -0.4 is 9.47 Å². The first-order valence-electron chi connectivity index (χ1n) is 16.7. The molecule has 49 heavy (non-hydrogen) atoms. The molecule has 7 aromatic carbocycles. The summed E-state index contributed by atoms with van der Waals surface area (Å²) in [6.45, 7) is 12.3. The molecule has 0 radical (unpaired) electrons. The van der Waals surface area contributed by atoms with E-state index in [2.05, 4.69) is 134 Å². The Balaban J connectivity index is 1.28. The van der Waals surface area contributed by atoms with E-state index >= 15 is 0 Å². The first-order valence-corrected chi connectivity index (χ1v) is 16.7. The van der Waals surface area contributed by atoms with Crippen LogP contribution in [-0.4, -0.2) is 7.11 Å². The lowest BCUT2D eigenvalue weighted by molar-refractivity contribution is 0.165. The Bertz CT molecular complexity index is 2630. The summed E-state index contributed by atoms with van der Waals surface area (Å²) in [7, 11) is 1.70. The molecule has 1 unspecified atom stereocenters. The van der Waals surface area contributed by atoms with E-state index in [1.807, 2.05) is 18.2 Å². The maximum atomic E-state index is 7.72. The van der Waals surface area contributed by atoms with Gasteiger partial charge in [0.25, 0.3) is 0 Å². The van der Waals surface area contributed by atoms with Crippen molar-refractivity contribution in [3.8, 4) is 44.9 Å². The molecule has 0 amide bonds. The van der Waals surface area contributed by atoms with Crippen molar-refractivity contribution in [1.29, 1.82) is 0 Å². The maximum Gasteiger partial charge on any atom is 0.187 e. The molecule has 0 fully saturated rings. The third-order valence-electron chi connectivity index (χ3n) is 11.1. The van der Waals surface area contributed by atoms with Gasteiger partial charge in [0, 0.05) is 27.5 Å². The average Bonchev–Trinajstić information content (AvgIpc) is 3.61. The molecule has 0 saturated heterocycles. The third kappa shape index (κ3) is 3.56. The molecule has 1 aliphatic heterocycles. The second-order valence-corrected chi connectivity index (χ2v) is 13.8. The summed E-state index contributed by atoms with van der Waals surface area (Å²) in [5.74, 6) is 1.68. The molecule has 3 heteroatoms. The molecule has 7 aromatic rings. The fraction of sp³-hybridized carbons (Fsp3) is 0.109. The number of hydrogen-bond acceptors (Lipinski definition) is 2. The number of nitrogens with zero attached hydrogens (tertiary/aromatic N) is 1. The molecule has 0 saturated carbocycles. The highest BCUT2D eigenvalue weighted by Gasteiger charge is 2.45. The summed E-state index contributed by atoms with van der Waals surface area (Å²) in [6, 6.07) is 43.0. The molecule has 10 rings (SSSR count). The van der Waals surface area contributed by atoms with E-state index in [0.29, 0.717) is 5.69 Å². The van der Waals surface area contributed by atoms with E-state index in [-0.39, 0.29) is 5.41 Å². The Morgan fingerprint density at radius 2 is 1.33 bits per heavy atom. The van der Waals surface area contributed by atoms with Crippen LogP contribution in [0.5, 0.6) is 11.5 Å². The number of ether oxygens (including phenoxy) is 2. The summed E-state index contributed by atoms with van der Waals surface area (Å²) in [5, 5.41) is 4.69. The van der Waals surface area contributed by atoms with Gasteiger partial charge >= 0.3 is 0 Å². The van der Waals surface area contributed by atoms with Crippen LogP contribution in [0.15, 0.2) is 127 Å². The van der Waals surface area contributed by atoms with Gasteiger partial charge in [0.15, 0.2) is 11.3 Å². The van der Waals surface area contributed by atoms with Crippen LogP contribution in [0.2, 0.25) is 0 Å². The van der Waals surface area contributed by atoms with Crippen LogP contribution in [0.1, 0.15) is 41.7 Å². The summed E-state index contributed by atoms with van der Waals surface area (Å²) in [5.41, 5.74) is 12.6. The lowest BCUT2D eigenvalue weighted by Crippen LogP contribution is -2.35. The Morgan fingerprint density at radius 3 is 2.08 bits per heavy atom. The normalized spacial score (nSPS) is 17.2. The van der Waals surface area contributed by atoms with Crippen molar-refractivity contribution < 1.29 is 9.47 Å². The monoisotopic (exact) mass is 629 g/mol. The van der Waals surface area contributed by atoms with Gasteiger partial charge in [-0.3, -0.25) is 0 Å². The van der Waals surface area contributed by atoms with E-state index < -0.39 is 5.60 Å². The smallest absolute Gasteiger partial charge is 0.187 e. The predicted molar refractivity (Wildman–Crippen MR) is 200 cm³/mol. The number of rotatable bonds is 3. The lowest BCUT2D eigenvalue weighted by atomic mass is 9.76. The van der Waals surface area contributed by atoms with Crippen LogP contribution in [-0.2, 0) is 11.0 Å². The van der Waals surface area contributed by atoms with Gasteiger partial charge in [-0.2, -0.15) is 0 Å². The Hall–Kier alpha value is -6.11. The number of fused-ring (bicyclic) bond motifs is 11. The average molecular weight is 630 g/mol. The van der Waals surface area contributed by atoms with Crippen LogP contribution in [0.4, 0.5) is 5.69 Å². The van der Waals surface area contributed by atoms with E-state index in [0.717, 1.165) is 39.0 Å². The fourth-order valence-electron chi connectivity index (χ4n) is 8.92. The van der Waals surface area contributed by atoms with Gasteiger partial charge in [0.2, 0.25) is 0 Å². The Kier molecular flexibility index (Phi) is 5.54. The molecule has 1 heterocycles. The Labute approximate surface area is 285 Å². The second kappa shape index (κ2) is 9.72. The van der Waals surface area contributed by atoms with Gasteiger partial charge in [-0.1, -0.05) is 129 Å². The minimum absolute atomic E-state index is 0.332. The summed E-state index contributed by atoms with van der Waals surface area (Å²) < 4.78 is 13.2. The number of hydrogen-bond donors (Lipinski definition) is 0. The van der Waals surface area contributed by atoms with Crippen molar-refractivity contribution in [1.82, 2.24) is 0 Å². The fourth-order valence-corrected chi connectivity index (χ4v) is 8.92. The summed E-state index contributed by atoms with van der Waals surface area (Å²) >= 11 is 0. The van der Waals surface area contributed by atoms with Crippen LogP contribution in [0.3, 0.4) is 0 Å². The zero-order chi connectivity index (χ0) is 33.1. The molecule has 232 valence electrons. The van der Waals surface area contributed by atoms with Crippen LogP contribution in [0.25, 0.3) is 65.8 Å². The largest absolute Gasteiger partial charge is 0.497 e. The minimum Gasteiger partial charge on any atom is -0.497 e. The van der Waals surface area contributed by atoms with Gasteiger partial charge < -0.3 is 9.47 Å². The maximum absolute atomic E-state index is 7.72. The molecule has 0 aromatic heterocycles. The molecule has 2 aliphatic carbocycles. The number of methoxy groups -OCH3 is 1. The molecule has 3 aliphatic rings. The first-order chi connectivity index (χ1) is 23.9. The molecule has 0 spiro atoms. The second-order valence-electron chi connectivity index (χ2n) is 13.8. The van der Waals surface area contributed by atoms with Crippen LogP contribution in [0, 0.1) is 6.57 Å². The molecule has 0 N–H and O–H groups in total. The molecule has 3 nitrogen and oxygen atoms in total. The van der Waals surface area contributed by atoms with E-state index in [4.69, 9.17) is 16.0 Å². The van der Waals surface area contributed by atoms with E-state index in [9.17, 15) is 0 Å². The number of benzene rings is 7. The zero-order valence-electron chi connectivity index (χ0n) is 27.5. The van der Waals surface area contributed by atoms with Crippen LogP contribution >= 0.6 is 0 Å². The van der Waals surface area contributed by atoms with Gasteiger partial charge in [0.05, 0.1) is 13.7 Å². The standard InChI is InChI=1S/C46H31NO2/c1-45(2)40-26-28(47-3)18-21-37(40)42-33-12-7-8-13-35(33)44-38(43(42)45)24-25-46(49-44,27-16-19-29(48-4)20-17-27)39-23-22-34-31-11-6-5-10-30(31)32-14-9-15-36(39)41(32)34/h5-26H,1-2,4H3. The SMILES string of the molecule is [C-]#[N+]c1ccc2c(c1)C(C)(C)c1c3c(c4ccccc4c1-2)OC(c1ccc(OC)cc1)(c1ccc2c4c(cccc14)-c1ccccc1-2)C=C3. The van der Waals surface area contributed by atoms with Crippen molar-refractivity contribution in [3.05, 3.63) is 167 Å². The highest BCUT2D eigenvalue weighted by Crippen LogP contribution is 2.59. The van der Waals surface area contributed by atoms with Crippen molar-refractivity contribution >= 4 is 33.3 Å². The molecule has 0 bridgehead atoms. The van der Waals surface area contributed by atoms with Crippen molar-refractivity contribution in [2.45, 2.75) is 24.9 Å². The summed E-state index contributed by atoms with van der Waals surface area (Å²) in [6.07, 6.45) is 4.57. The lowest BCUT2D eigenvalue weighted by Gasteiger charge is -2.39. The first kappa shape index (κ1) is 28.0. The van der Waals surface area contributed by atoms with E-state index in [1.54, 1.807) is 7.11 Å². The van der Waals surface area contributed by atoms with Crippen molar-refractivity contribution in [2.24, 2.45) is 0 Å². The highest BCUT2D eigenvalue weighted by molar-refractivity contribution is 6.16. The predicted octanol–water partition coefficient (Wildman–Crippen LogP) is 11.9. The van der Waals surface area contributed by atoms with E-state index in [1.165, 1.54) is 55.3 Å². The quantitative estimate of drug-likeness (QED) is 0.182. The molecule has 1 atom stereocenters. The Morgan fingerprint density at radius 1 is 0.653 bits per heavy atom. The summed E-state index contributed by atoms with van der Waals surface area (Å²) in [4.78, 5) is 3.78. The van der Waals surface area contributed by atoms with Gasteiger partial charge in [0.1, 0.15) is 11.5 Å².